The quantitative estimate of drug-likeness (QED) is 0.809. The lowest BCUT2D eigenvalue weighted by atomic mass is 9.89. The molecule has 0 fully saturated rings. The van der Waals surface area contributed by atoms with E-state index < -0.39 is 22.3 Å². The summed E-state index contributed by atoms with van der Waals surface area (Å²) in [5.74, 6) is 0.367. The molecule has 3 rings (SSSR count). The number of aliphatic imine (C=N–C) groups is 1. The monoisotopic (exact) mass is 397 g/mol. The Bertz CT molecular complexity index is 862. The molecule has 0 saturated carbocycles. The third-order valence-electron chi connectivity index (χ3n) is 4.00. The molecule has 1 aliphatic rings. The van der Waals surface area contributed by atoms with Crippen LogP contribution in [0.2, 0.25) is 5.02 Å². The number of anilines is 1. The fourth-order valence-corrected chi connectivity index (χ4v) is 4.67. The zero-order chi connectivity index (χ0) is 18.0. The van der Waals surface area contributed by atoms with Crippen LogP contribution in [0.3, 0.4) is 0 Å². The van der Waals surface area contributed by atoms with E-state index in [-0.39, 0.29) is 5.02 Å². The largest absolute Gasteiger partial charge is 0.379 e. The van der Waals surface area contributed by atoms with Crippen LogP contribution in [0, 0.1) is 5.82 Å². The lowest BCUT2D eigenvalue weighted by molar-refractivity contribution is 0.482. The molecule has 2 aromatic carbocycles. The maximum Gasteiger partial charge on any atom is 0.154 e. The summed E-state index contributed by atoms with van der Waals surface area (Å²) in [4.78, 5) is 4.98. The molecule has 4 nitrogen and oxygen atoms in total. The van der Waals surface area contributed by atoms with Gasteiger partial charge in [0.25, 0.3) is 0 Å². The minimum absolute atomic E-state index is 0.0570. The first-order chi connectivity index (χ1) is 11.9. The molecule has 3 N–H and O–H groups in total. The van der Waals surface area contributed by atoms with Crippen LogP contribution in [0.15, 0.2) is 52.4 Å². The maximum absolute atomic E-state index is 13.2. The minimum Gasteiger partial charge on any atom is -0.379 e. The molecule has 0 saturated heterocycles. The van der Waals surface area contributed by atoms with E-state index in [2.05, 4.69) is 9.71 Å². The summed E-state index contributed by atoms with van der Waals surface area (Å²) < 4.78 is 28.6. The summed E-state index contributed by atoms with van der Waals surface area (Å²) in [6.07, 6.45) is 0.873. The zero-order valence-electron chi connectivity index (χ0n) is 13.5. The Morgan fingerprint density at radius 2 is 2.16 bits per heavy atom. The van der Waals surface area contributed by atoms with Crippen LogP contribution in [-0.4, -0.2) is 15.1 Å². The predicted octanol–water partition coefficient (Wildman–Crippen LogP) is 4.28. The Morgan fingerprint density at radius 1 is 1.36 bits per heavy atom. The minimum atomic E-state index is -1.55. The number of nitrogens with zero attached hydrogens (tertiary/aromatic N) is 1. The number of nitrogens with one attached hydrogen (secondary N) is 1. The van der Waals surface area contributed by atoms with Gasteiger partial charge in [0.15, 0.2) is 5.17 Å². The van der Waals surface area contributed by atoms with Crippen molar-refractivity contribution >= 4 is 45.2 Å². The van der Waals surface area contributed by atoms with Crippen LogP contribution in [0.5, 0.6) is 0 Å². The lowest BCUT2D eigenvalue weighted by Gasteiger charge is -2.30. The van der Waals surface area contributed by atoms with Gasteiger partial charge in [-0.15, -0.1) is 0 Å². The van der Waals surface area contributed by atoms with Gasteiger partial charge in [0.05, 0.1) is 15.5 Å². The summed E-state index contributed by atoms with van der Waals surface area (Å²) in [7, 11) is -1.55. The molecule has 0 radical (unpaired) electrons. The fraction of sp³-hybridized carbons (Fsp3) is 0.235. The van der Waals surface area contributed by atoms with Gasteiger partial charge in [-0.3, -0.25) is 4.99 Å². The molecule has 0 amide bonds. The van der Waals surface area contributed by atoms with E-state index in [0.717, 1.165) is 17.7 Å². The van der Waals surface area contributed by atoms with E-state index in [1.807, 2.05) is 31.2 Å². The summed E-state index contributed by atoms with van der Waals surface area (Å²) in [6.45, 7) is 2.04. The van der Waals surface area contributed by atoms with Crippen molar-refractivity contribution in [2.45, 2.75) is 23.8 Å². The van der Waals surface area contributed by atoms with Crippen LogP contribution in [0.25, 0.3) is 0 Å². The second-order valence-electron chi connectivity index (χ2n) is 5.85. The lowest BCUT2D eigenvalue weighted by Crippen LogP contribution is -2.28. The van der Waals surface area contributed by atoms with Gasteiger partial charge in [0, 0.05) is 11.4 Å². The molecule has 2 atom stereocenters. The van der Waals surface area contributed by atoms with E-state index in [4.69, 9.17) is 17.3 Å². The number of thioether (sulfide) groups is 1. The highest BCUT2D eigenvalue weighted by Crippen LogP contribution is 2.36. The Morgan fingerprint density at radius 3 is 2.88 bits per heavy atom. The Labute approximate surface area is 157 Å². The second-order valence-corrected chi connectivity index (χ2v) is 8.59. The molecule has 2 aromatic rings. The number of rotatable bonds is 4. The highest BCUT2D eigenvalue weighted by molar-refractivity contribution is 8.13. The molecule has 2 unspecified atom stereocenters. The molecule has 0 bridgehead atoms. The predicted molar refractivity (Wildman–Crippen MR) is 104 cm³/mol. The van der Waals surface area contributed by atoms with Crippen LogP contribution >= 0.6 is 23.4 Å². The Hall–Kier alpha value is -1.57. The van der Waals surface area contributed by atoms with Gasteiger partial charge in [-0.25, -0.2) is 8.60 Å². The summed E-state index contributed by atoms with van der Waals surface area (Å²) in [5, 5.41) is 0.523. The van der Waals surface area contributed by atoms with Crippen molar-refractivity contribution in [3.8, 4) is 0 Å². The molecular weight excluding hydrogens is 381 g/mol. The highest BCUT2D eigenvalue weighted by Gasteiger charge is 2.29. The van der Waals surface area contributed by atoms with Gasteiger partial charge in [0.2, 0.25) is 0 Å². The van der Waals surface area contributed by atoms with Crippen LogP contribution in [0.1, 0.15) is 18.9 Å². The highest BCUT2D eigenvalue weighted by atomic mass is 35.5. The second kappa shape index (κ2) is 7.35. The first-order valence-corrected chi connectivity index (χ1v) is 10.1. The molecule has 8 heteroatoms. The number of hydrogen-bond donors (Lipinski definition) is 2. The Balaban J connectivity index is 1.83. The van der Waals surface area contributed by atoms with Gasteiger partial charge in [-0.05, 0) is 49.2 Å². The number of amidine groups is 1. The van der Waals surface area contributed by atoms with Crippen LogP contribution < -0.4 is 10.5 Å². The molecule has 1 heterocycles. The average Bonchev–Trinajstić information content (AvgIpc) is 2.57. The van der Waals surface area contributed by atoms with E-state index in [0.29, 0.717) is 15.8 Å². The van der Waals surface area contributed by atoms with Gasteiger partial charge in [-0.1, -0.05) is 35.5 Å². The number of halogens is 2. The van der Waals surface area contributed by atoms with E-state index in [1.54, 1.807) is 11.8 Å². The zero-order valence-corrected chi connectivity index (χ0v) is 15.8. The fourth-order valence-electron chi connectivity index (χ4n) is 2.57. The first-order valence-electron chi connectivity index (χ1n) is 7.59. The molecular formula is C17H17ClFN3OS2. The van der Waals surface area contributed by atoms with Gasteiger partial charge < -0.3 is 10.5 Å². The molecule has 1 aliphatic heterocycles. The van der Waals surface area contributed by atoms with Crippen molar-refractivity contribution in [1.82, 2.24) is 0 Å². The molecule has 132 valence electrons. The van der Waals surface area contributed by atoms with Crippen LogP contribution in [0.4, 0.5) is 10.1 Å². The number of hydrogen-bond acceptors (Lipinski definition) is 4. The van der Waals surface area contributed by atoms with Gasteiger partial charge in [0.1, 0.15) is 16.8 Å². The standard InChI is InChI=1S/C17H17ClFN3OS2/c1-17(7-8-24-16(20)21-17)11-3-2-4-12(9-11)22-25(23)13-5-6-15(19)14(18)10-13/h2-6,9-10,22H,7-8H2,1H3,(H2,20,21). The third kappa shape index (κ3) is 4.16. The summed E-state index contributed by atoms with van der Waals surface area (Å²) in [5.41, 5.74) is 7.16. The maximum atomic E-state index is 13.2. The normalized spacial score (nSPS) is 21.5. The number of nitrogens with two attached hydrogens (primary N) is 1. The van der Waals surface area contributed by atoms with Crippen molar-refractivity contribution in [3.05, 3.63) is 58.9 Å². The topological polar surface area (TPSA) is 67.5 Å². The molecule has 0 aromatic heterocycles. The SMILES string of the molecule is CC1(c2cccc(NS(=O)c3ccc(F)c(Cl)c3)c2)CCSC(N)=N1. The Kier molecular flexibility index (Phi) is 5.36. The van der Waals surface area contributed by atoms with Crippen molar-refractivity contribution in [3.63, 3.8) is 0 Å². The van der Waals surface area contributed by atoms with E-state index >= 15 is 0 Å². The molecule has 0 spiro atoms. The van der Waals surface area contributed by atoms with Gasteiger partial charge >= 0.3 is 0 Å². The van der Waals surface area contributed by atoms with Crippen LogP contribution in [-0.2, 0) is 16.5 Å². The summed E-state index contributed by atoms with van der Waals surface area (Å²) in [6, 6.07) is 11.6. The van der Waals surface area contributed by atoms with Crippen molar-refractivity contribution < 1.29 is 8.60 Å². The molecule has 25 heavy (non-hydrogen) atoms. The van der Waals surface area contributed by atoms with Crippen molar-refractivity contribution in [2.24, 2.45) is 10.7 Å². The third-order valence-corrected chi connectivity index (χ3v) is 6.18. The van der Waals surface area contributed by atoms with Crippen molar-refractivity contribution in [2.75, 3.05) is 10.5 Å². The molecule has 0 aliphatic carbocycles. The van der Waals surface area contributed by atoms with E-state index in [9.17, 15) is 8.60 Å². The smallest absolute Gasteiger partial charge is 0.154 e. The van der Waals surface area contributed by atoms with E-state index in [1.165, 1.54) is 18.2 Å². The summed E-state index contributed by atoms with van der Waals surface area (Å²) >= 11 is 7.30. The first kappa shape index (κ1) is 18.2. The van der Waals surface area contributed by atoms with Crippen molar-refractivity contribution in [1.29, 1.82) is 0 Å². The van der Waals surface area contributed by atoms with Gasteiger partial charge in [-0.2, -0.15) is 0 Å². The number of benzene rings is 2. The average molecular weight is 398 g/mol.